The van der Waals surface area contributed by atoms with Gasteiger partial charge in [0.05, 0.1) is 12.3 Å². The highest BCUT2D eigenvalue weighted by Crippen LogP contribution is 2.25. The number of amides is 2. The minimum absolute atomic E-state index is 0.183. The molecule has 0 aromatic heterocycles. The molecular formula is C22H28FN3O3S. The van der Waals surface area contributed by atoms with Crippen molar-refractivity contribution in [3.63, 3.8) is 0 Å². The van der Waals surface area contributed by atoms with Gasteiger partial charge in [-0.15, -0.1) is 0 Å². The Morgan fingerprint density at radius 1 is 1.17 bits per heavy atom. The second-order valence-electron chi connectivity index (χ2n) is 7.65. The number of carbonyl (C=O) groups is 1. The second kappa shape index (κ2) is 9.57. The monoisotopic (exact) mass is 433 g/mol. The van der Waals surface area contributed by atoms with Gasteiger partial charge >= 0.3 is 6.03 Å². The van der Waals surface area contributed by atoms with E-state index in [1.165, 1.54) is 12.1 Å². The van der Waals surface area contributed by atoms with Crippen LogP contribution in [0.15, 0.2) is 48.5 Å². The highest BCUT2D eigenvalue weighted by atomic mass is 32.2. The van der Waals surface area contributed by atoms with Crippen LogP contribution in [-0.4, -0.2) is 50.8 Å². The second-order valence-corrected chi connectivity index (χ2v) is 9.43. The third-order valence-corrected chi connectivity index (χ3v) is 6.01. The molecule has 8 heteroatoms. The molecule has 2 aromatic carbocycles. The first-order valence-corrected chi connectivity index (χ1v) is 12.0. The van der Waals surface area contributed by atoms with Crippen molar-refractivity contribution in [1.29, 1.82) is 0 Å². The fraction of sp³-hybridized carbons (Fsp3) is 0.409. The molecule has 1 aliphatic heterocycles. The van der Waals surface area contributed by atoms with Crippen LogP contribution < -0.4 is 10.0 Å². The minimum atomic E-state index is -3.41. The largest absolute Gasteiger partial charge is 0.338 e. The Morgan fingerprint density at radius 3 is 2.57 bits per heavy atom. The third-order valence-electron chi connectivity index (χ3n) is 5.28. The van der Waals surface area contributed by atoms with Crippen LogP contribution in [0.2, 0.25) is 0 Å². The van der Waals surface area contributed by atoms with E-state index in [0.717, 1.165) is 29.4 Å². The molecule has 0 saturated carbocycles. The molecule has 1 heterocycles. The molecule has 2 atom stereocenters. The van der Waals surface area contributed by atoms with Crippen LogP contribution in [0.4, 0.5) is 9.18 Å². The van der Waals surface area contributed by atoms with Crippen molar-refractivity contribution < 1.29 is 17.6 Å². The van der Waals surface area contributed by atoms with Gasteiger partial charge in [0.25, 0.3) is 0 Å². The summed E-state index contributed by atoms with van der Waals surface area (Å²) < 4.78 is 39.8. The number of halogens is 1. The smallest absolute Gasteiger partial charge is 0.317 e. The first-order valence-electron chi connectivity index (χ1n) is 10.1. The fourth-order valence-corrected chi connectivity index (χ4v) is 4.81. The van der Waals surface area contributed by atoms with Gasteiger partial charge in [0.2, 0.25) is 10.0 Å². The van der Waals surface area contributed by atoms with E-state index in [1.54, 1.807) is 17.0 Å². The lowest BCUT2D eigenvalue weighted by Crippen LogP contribution is -2.59. The van der Waals surface area contributed by atoms with E-state index >= 15 is 0 Å². The average molecular weight is 434 g/mol. The molecule has 1 fully saturated rings. The Bertz CT molecular complexity index is 979. The zero-order valence-corrected chi connectivity index (χ0v) is 18.1. The number of carbonyl (C=O) groups excluding carboxylic acids is 1. The van der Waals surface area contributed by atoms with E-state index in [1.807, 2.05) is 31.2 Å². The molecule has 2 amide bonds. The van der Waals surface area contributed by atoms with Gasteiger partial charge in [0.1, 0.15) is 5.82 Å². The van der Waals surface area contributed by atoms with Crippen LogP contribution in [0, 0.1) is 5.82 Å². The van der Waals surface area contributed by atoms with Crippen molar-refractivity contribution in [3.8, 4) is 11.1 Å². The number of hydrogen-bond acceptors (Lipinski definition) is 3. The van der Waals surface area contributed by atoms with Crippen molar-refractivity contribution >= 4 is 16.1 Å². The summed E-state index contributed by atoms with van der Waals surface area (Å²) in [7, 11) is -3.41. The maximum absolute atomic E-state index is 13.3. The summed E-state index contributed by atoms with van der Waals surface area (Å²) in [6.07, 6.45) is 3.06. The zero-order chi connectivity index (χ0) is 21.7. The van der Waals surface area contributed by atoms with Crippen LogP contribution in [0.1, 0.15) is 25.3 Å². The number of hydrogen-bond donors (Lipinski definition) is 2. The fourth-order valence-electron chi connectivity index (χ4n) is 3.99. The molecule has 2 aromatic rings. The van der Waals surface area contributed by atoms with Gasteiger partial charge in [0.15, 0.2) is 0 Å². The molecule has 162 valence electrons. The Balaban J connectivity index is 1.89. The number of piperidine rings is 1. The first-order chi connectivity index (χ1) is 14.3. The van der Waals surface area contributed by atoms with Crippen LogP contribution >= 0.6 is 0 Å². The Hall–Kier alpha value is -2.45. The Labute approximate surface area is 177 Å². The molecule has 3 rings (SSSR count). The summed E-state index contributed by atoms with van der Waals surface area (Å²) in [6.45, 7) is 2.94. The van der Waals surface area contributed by atoms with E-state index in [2.05, 4.69) is 10.0 Å². The molecule has 1 saturated heterocycles. The number of rotatable bonds is 6. The molecule has 6 nitrogen and oxygen atoms in total. The van der Waals surface area contributed by atoms with Crippen LogP contribution in [0.5, 0.6) is 0 Å². The predicted octanol–water partition coefficient (Wildman–Crippen LogP) is 3.15. The summed E-state index contributed by atoms with van der Waals surface area (Å²) >= 11 is 0. The Morgan fingerprint density at radius 2 is 1.90 bits per heavy atom. The third kappa shape index (κ3) is 5.79. The highest BCUT2D eigenvalue weighted by Gasteiger charge is 2.35. The number of nitrogens with zero attached hydrogens (tertiary/aromatic N) is 1. The zero-order valence-electron chi connectivity index (χ0n) is 17.3. The van der Waals surface area contributed by atoms with Gasteiger partial charge in [-0.25, -0.2) is 22.3 Å². The van der Waals surface area contributed by atoms with Crippen LogP contribution in [0.3, 0.4) is 0 Å². The Kier molecular flexibility index (Phi) is 7.10. The summed E-state index contributed by atoms with van der Waals surface area (Å²) in [5, 5.41) is 2.83. The van der Waals surface area contributed by atoms with E-state index in [4.69, 9.17) is 0 Å². The standard InChI is InChI=1S/C22H28FN3O3S/c1-3-24-22(27)26-13-5-8-20(25-30(2,28)29)21(26)15-16-6-4-7-18(14-16)17-9-11-19(23)12-10-17/h4,6-7,9-12,14,20-21,25H,3,5,8,13,15H2,1-2H3,(H,24,27)/t20-,21-/m1/s1. The molecule has 1 aliphatic rings. The molecule has 0 unspecified atom stereocenters. The average Bonchev–Trinajstić information content (AvgIpc) is 2.69. The molecule has 2 N–H and O–H groups in total. The maximum atomic E-state index is 13.3. The molecule has 0 spiro atoms. The molecule has 0 bridgehead atoms. The van der Waals surface area contributed by atoms with E-state index in [0.29, 0.717) is 25.9 Å². The summed E-state index contributed by atoms with van der Waals surface area (Å²) in [5.41, 5.74) is 2.83. The van der Waals surface area contributed by atoms with Gasteiger partial charge in [-0.2, -0.15) is 0 Å². The highest BCUT2D eigenvalue weighted by molar-refractivity contribution is 7.88. The van der Waals surface area contributed by atoms with Gasteiger partial charge in [-0.3, -0.25) is 0 Å². The van der Waals surface area contributed by atoms with E-state index in [9.17, 15) is 17.6 Å². The van der Waals surface area contributed by atoms with Crippen molar-refractivity contribution in [2.75, 3.05) is 19.3 Å². The van der Waals surface area contributed by atoms with Crippen LogP contribution in [-0.2, 0) is 16.4 Å². The topological polar surface area (TPSA) is 78.5 Å². The lowest BCUT2D eigenvalue weighted by Gasteiger charge is -2.41. The first kappa shape index (κ1) is 22.2. The van der Waals surface area contributed by atoms with E-state index in [-0.39, 0.29) is 23.9 Å². The molecular weight excluding hydrogens is 405 g/mol. The van der Waals surface area contributed by atoms with Crippen molar-refractivity contribution in [2.45, 2.75) is 38.3 Å². The van der Waals surface area contributed by atoms with Gasteiger partial charge < -0.3 is 10.2 Å². The summed E-state index contributed by atoms with van der Waals surface area (Å²) in [5.74, 6) is -0.288. The lowest BCUT2D eigenvalue weighted by atomic mass is 9.90. The van der Waals surface area contributed by atoms with E-state index < -0.39 is 10.0 Å². The molecule has 30 heavy (non-hydrogen) atoms. The number of nitrogens with one attached hydrogen (secondary N) is 2. The van der Waals surface area contributed by atoms with Crippen molar-refractivity contribution in [1.82, 2.24) is 14.9 Å². The minimum Gasteiger partial charge on any atom is -0.338 e. The predicted molar refractivity (Wildman–Crippen MR) is 116 cm³/mol. The van der Waals surface area contributed by atoms with Crippen molar-refractivity contribution in [2.24, 2.45) is 0 Å². The number of sulfonamides is 1. The van der Waals surface area contributed by atoms with Gasteiger partial charge in [-0.1, -0.05) is 36.4 Å². The van der Waals surface area contributed by atoms with Crippen molar-refractivity contribution in [3.05, 3.63) is 59.9 Å². The SMILES string of the molecule is CCNC(=O)N1CCC[C@@H](NS(C)(=O)=O)[C@H]1Cc1cccc(-c2ccc(F)cc2)c1. The molecule has 0 radical (unpaired) electrons. The lowest BCUT2D eigenvalue weighted by molar-refractivity contribution is 0.134. The summed E-state index contributed by atoms with van der Waals surface area (Å²) in [4.78, 5) is 14.4. The summed E-state index contributed by atoms with van der Waals surface area (Å²) in [6, 6.07) is 13.3. The van der Waals surface area contributed by atoms with Gasteiger partial charge in [0, 0.05) is 19.1 Å². The van der Waals surface area contributed by atoms with Gasteiger partial charge in [-0.05, 0) is 55.0 Å². The maximum Gasteiger partial charge on any atom is 0.317 e. The normalized spacial score (nSPS) is 19.5. The number of benzene rings is 2. The number of likely N-dealkylation sites (tertiary alicyclic amines) is 1. The van der Waals surface area contributed by atoms with Crippen LogP contribution in [0.25, 0.3) is 11.1 Å². The number of urea groups is 1. The quantitative estimate of drug-likeness (QED) is 0.735. The molecule has 0 aliphatic carbocycles.